The lowest BCUT2D eigenvalue weighted by atomic mass is 10.2. The summed E-state index contributed by atoms with van der Waals surface area (Å²) < 4.78 is 1.64. The maximum atomic E-state index is 12.7. The summed E-state index contributed by atoms with van der Waals surface area (Å²) in [4.78, 5) is 21.5. The van der Waals surface area contributed by atoms with Crippen LogP contribution in [0, 0.1) is 6.92 Å². The van der Waals surface area contributed by atoms with Crippen molar-refractivity contribution in [1.29, 1.82) is 0 Å². The quantitative estimate of drug-likeness (QED) is 0.583. The van der Waals surface area contributed by atoms with Crippen LogP contribution in [0.15, 0.2) is 54.9 Å². The number of aryl methyl sites for hydroxylation is 2. The Hall–Kier alpha value is -3.81. The van der Waals surface area contributed by atoms with Crippen LogP contribution >= 0.6 is 0 Å². The average molecular weight is 359 g/mol. The zero-order chi connectivity index (χ0) is 18.8. The van der Waals surface area contributed by atoms with E-state index in [2.05, 4.69) is 30.6 Å². The molecule has 27 heavy (non-hydrogen) atoms. The third-order valence-corrected chi connectivity index (χ3v) is 3.95. The summed E-state index contributed by atoms with van der Waals surface area (Å²) in [5, 5.41) is 14.3. The molecule has 0 fully saturated rings. The number of carbonyl (C=O) groups excluding carboxylic acids is 1. The average Bonchev–Trinajstić information content (AvgIpc) is 3.28. The van der Waals surface area contributed by atoms with Gasteiger partial charge in [-0.05, 0) is 37.3 Å². The molecule has 0 aromatic carbocycles. The highest BCUT2D eigenvalue weighted by Crippen LogP contribution is 2.25. The molecule has 4 heterocycles. The van der Waals surface area contributed by atoms with Gasteiger partial charge in [0.25, 0.3) is 5.91 Å². The van der Waals surface area contributed by atoms with Gasteiger partial charge in [-0.2, -0.15) is 10.2 Å². The molecule has 134 valence electrons. The van der Waals surface area contributed by atoms with Gasteiger partial charge in [-0.3, -0.25) is 19.6 Å². The van der Waals surface area contributed by atoms with Crippen molar-refractivity contribution in [3.8, 4) is 22.8 Å². The van der Waals surface area contributed by atoms with Gasteiger partial charge in [0.05, 0.1) is 28.5 Å². The van der Waals surface area contributed by atoms with E-state index in [4.69, 9.17) is 0 Å². The maximum absolute atomic E-state index is 12.7. The molecule has 0 aliphatic carbocycles. The predicted molar refractivity (Wildman–Crippen MR) is 101 cm³/mol. The Balaban J connectivity index is 1.62. The molecule has 8 nitrogen and oxygen atoms in total. The molecule has 0 aliphatic heterocycles. The minimum absolute atomic E-state index is 0.301. The number of nitrogens with zero attached hydrogens (tertiary/aromatic N) is 5. The van der Waals surface area contributed by atoms with E-state index < -0.39 is 0 Å². The van der Waals surface area contributed by atoms with Crippen molar-refractivity contribution >= 4 is 11.6 Å². The van der Waals surface area contributed by atoms with E-state index >= 15 is 0 Å². The normalized spacial score (nSPS) is 10.7. The number of hydrogen-bond acceptors (Lipinski definition) is 5. The van der Waals surface area contributed by atoms with Crippen LogP contribution in [0.2, 0.25) is 0 Å². The molecule has 0 aliphatic rings. The molecule has 0 radical (unpaired) electrons. The summed E-state index contributed by atoms with van der Waals surface area (Å²) in [6, 6.07) is 12.7. The first-order valence-electron chi connectivity index (χ1n) is 8.36. The lowest BCUT2D eigenvalue weighted by Crippen LogP contribution is -2.14. The number of pyridine rings is 2. The van der Waals surface area contributed by atoms with Crippen LogP contribution in [0.4, 0.5) is 5.69 Å². The number of amides is 1. The molecule has 0 saturated heterocycles. The Morgan fingerprint density at radius 3 is 2.74 bits per heavy atom. The van der Waals surface area contributed by atoms with Gasteiger partial charge in [0, 0.05) is 19.4 Å². The number of nitrogens with one attached hydrogen (secondary N) is 2. The van der Waals surface area contributed by atoms with E-state index in [-0.39, 0.29) is 5.91 Å². The maximum Gasteiger partial charge on any atom is 0.274 e. The van der Waals surface area contributed by atoms with Gasteiger partial charge in [0.1, 0.15) is 11.4 Å². The summed E-state index contributed by atoms with van der Waals surface area (Å²) >= 11 is 0. The van der Waals surface area contributed by atoms with Crippen LogP contribution < -0.4 is 5.32 Å². The third kappa shape index (κ3) is 3.45. The van der Waals surface area contributed by atoms with Gasteiger partial charge in [-0.15, -0.1) is 0 Å². The van der Waals surface area contributed by atoms with Gasteiger partial charge in [-0.1, -0.05) is 12.1 Å². The second-order valence-electron chi connectivity index (χ2n) is 6.07. The highest BCUT2D eigenvalue weighted by molar-refractivity contribution is 6.04. The molecule has 4 rings (SSSR count). The van der Waals surface area contributed by atoms with Crippen molar-refractivity contribution in [1.82, 2.24) is 29.9 Å². The van der Waals surface area contributed by atoms with Crippen molar-refractivity contribution in [2.45, 2.75) is 6.92 Å². The number of H-pyrrole nitrogens is 1. The standard InChI is InChI=1S/C19H17N7O/c1-12-10-16(24-23-12)13-7-5-8-15(21-13)19(27)22-17-11-26(2)25-18(17)14-6-3-4-9-20-14/h3-11H,1-2H3,(H,22,27)(H,23,24). The van der Waals surface area contributed by atoms with Crippen molar-refractivity contribution in [3.63, 3.8) is 0 Å². The molecular formula is C19H17N7O. The van der Waals surface area contributed by atoms with Crippen LogP contribution in [0.3, 0.4) is 0 Å². The fourth-order valence-corrected chi connectivity index (χ4v) is 2.72. The molecule has 0 spiro atoms. The number of aromatic nitrogens is 6. The molecule has 0 bridgehead atoms. The van der Waals surface area contributed by atoms with Crippen LogP contribution in [0.5, 0.6) is 0 Å². The molecule has 2 N–H and O–H groups in total. The highest BCUT2D eigenvalue weighted by atomic mass is 16.1. The fraction of sp³-hybridized carbons (Fsp3) is 0.105. The number of carbonyl (C=O) groups is 1. The summed E-state index contributed by atoms with van der Waals surface area (Å²) in [5.41, 5.74) is 4.44. The van der Waals surface area contributed by atoms with Crippen molar-refractivity contribution in [3.05, 3.63) is 66.2 Å². The Kier molecular flexibility index (Phi) is 4.21. The van der Waals surface area contributed by atoms with Crippen LogP contribution in [0.1, 0.15) is 16.2 Å². The van der Waals surface area contributed by atoms with Gasteiger partial charge in [-0.25, -0.2) is 4.98 Å². The highest BCUT2D eigenvalue weighted by Gasteiger charge is 2.16. The second kappa shape index (κ2) is 6.83. The summed E-state index contributed by atoms with van der Waals surface area (Å²) in [6.45, 7) is 1.89. The third-order valence-electron chi connectivity index (χ3n) is 3.95. The number of anilines is 1. The van der Waals surface area contributed by atoms with Gasteiger partial charge < -0.3 is 5.32 Å². The summed E-state index contributed by atoms with van der Waals surface area (Å²) in [5.74, 6) is -0.321. The largest absolute Gasteiger partial charge is 0.317 e. The van der Waals surface area contributed by atoms with Crippen molar-refractivity contribution < 1.29 is 4.79 Å². The minimum Gasteiger partial charge on any atom is -0.317 e. The minimum atomic E-state index is -0.321. The Bertz CT molecular complexity index is 1100. The first kappa shape index (κ1) is 16.6. The van der Waals surface area contributed by atoms with Crippen molar-refractivity contribution in [2.24, 2.45) is 7.05 Å². The van der Waals surface area contributed by atoms with E-state index in [0.29, 0.717) is 28.5 Å². The second-order valence-corrected chi connectivity index (χ2v) is 6.07. The van der Waals surface area contributed by atoms with E-state index in [1.807, 2.05) is 37.3 Å². The molecule has 0 atom stereocenters. The van der Waals surface area contributed by atoms with E-state index in [1.54, 1.807) is 36.3 Å². The van der Waals surface area contributed by atoms with Crippen LogP contribution in [0.25, 0.3) is 22.8 Å². The molecule has 4 aromatic heterocycles. The molecule has 0 unspecified atom stereocenters. The Morgan fingerprint density at radius 1 is 1.15 bits per heavy atom. The lowest BCUT2D eigenvalue weighted by Gasteiger charge is -2.06. The van der Waals surface area contributed by atoms with E-state index in [9.17, 15) is 4.79 Å². The molecule has 1 amide bonds. The zero-order valence-corrected chi connectivity index (χ0v) is 14.8. The number of hydrogen-bond donors (Lipinski definition) is 2. The van der Waals surface area contributed by atoms with Gasteiger partial charge in [0.15, 0.2) is 0 Å². The molecule has 0 saturated carbocycles. The van der Waals surface area contributed by atoms with Gasteiger partial charge >= 0.3 is 0 Å². The first-order chi connectivity index (χ1) is 13.1. The van der Waals surface area contributed by atoms with Crippen molar-refractivity contribution in [2.75, 3.05) is 5.32 Å². The number of rotatable bonds is 4. The van der Waals surface area contributed by atoms with Gasteiger partial charge in [0.2, 0.25) is 0 Å². The molecule has 4 aromatic rings. The number of aromatic amines is 1. The first-order valence-corrected chi connectivity index (χ1v) is 8.36. The Labute approximate surface area is 155 Å². The lowest BCUT2D eigenvalue weighted by molar-refractivity contribution is 0.102. The monoisotopic (exact) mass is 359 g/mol. The molecular weight excluding hydrogens is 342 g/mol. The Morgan fingerprint density at radius 2 is 2.00 bits per heavy atom. The predicted octanol–water partition coefficient (Wildman–Crippen LogP) is 2.83. The SMILES string of the molecule is Cc1cc(-c2cccc(C(=O)Nc3cn(C)nc3-c3ccccn3)n2)[nH]n1. The van der Waals surface area contributed by atoms with E-state index in [0.717, 1.165) is 11.4 Å². The summed E-state index contributed by atoms with van der Waals surface area (Å²) in [7, 11) is 1.79. The van der Waals surface area contributed by atoms with Crippen LogP contribution in [-0.4, -0.2) is 35.9 Å². The van der Waals surface area contributed by atoms with E-state index in [1.165, 1.54) is 0 Å². The fourth-order valence-electron chi connectivity index (χ4n) is 2.72. The van der Waals surface area contributed by atoms with Crippen LogP contribution in [-0.2, 0) is 7.05 Å². The molecule has 8 heteroatoms. The zero-order valence-electron chi connectivity index (χ0n) is 14.8. The smallest absolute Gasteiger partial charge is 0.274 e. The topological polar surface area (TPSA) is 101 Å². The summed E-state index contributed by atoms with van der Waals surface area (Å²) in [6.07, 6.45) is 3.43.